The molecule has 0 spiro atoms. The molecule has 0 bridgehead atoms. The fourth-order valence-corrected chi connectivity index (χ4v) is 3.19. The van der Waals surface area contributed by atoms with E-state index in [0.717, 1.165) is 30.7 Å². The van der Waals surface area contributed by atoms with Crippen LogP contribution < -0.4 is 0 Å². The number of hydrogen-bond acceptors (Lipinski definition) is 2. The number of amides is 1. The Balaban J connectivity index is 1.59. The van der Waals surface area contributed by atoms with Crippen LogP contribution in [-0.4, -0.2) is 41.9 Å². The molecule has 144 valence electrons. The van der Waals surface area contributed by atoms with Gasteiger partial charge in [-0.1, -0.05) is 18.2 Å². The van der Waals surface area contributed by atoms with E-state index < -0.39 is 17.6 Å². The molecule has 1 heterocycles. The van der Waals surface area contributed by atoms with Crippen LogP contribution in [0.3, 0.4) is 0 Å². The van der Waals surface area contributed by atoms with Gasteiger partial charge in [-0.2, -0.15) is 13.2 Å². The molecule has 0 aromatic heterocycles. The van der Waals surface area contributed by atoms with E-state index in [1.54, 1.807) is 11.0 Å². The van der Waals surface area contributed by atoms with Crippen molar-refractivity contribution < 1.29 is 22.4 Å². The Labute approximate surface area is 155 Å². The topological polar surface area (TPSA) is 23.6 Å². The number of alkyl halides is 3. The number of rotatable bonds is 3. The molecule has 2 aromatic rings. The van der Waals surface area contributed by atoms with Gasteiger partial charge >= 0.3 is 6.18 Å². The van der Waals surface area contributed by atoms with Gasteiger partial charge < -0.3 is 4.90 Å². The van der Waals surface area contributed by atoms with Crippen molar-refractivity contribution in [3.8, 4) is 0 Å². The third-order valence-corrected chi connectivity index (χ3v) is 4.63. The molecule has 0 saturated carbocycles. The molecule has 0 atom stereocenters. The minimum Gasteiger partial charge on any atom is -0.337 e. The zero-order valence-electron chi connectivity index (χ0n) is 14.7. The molecule has 0 unspecified atom stereocenters. The van der Waals surface area contributed by atoms with E-state index in [4.69, 9.17) is 0 Å². The Morgan fingerprint density at radius 3 is 2.37 bits per heavy atom. The highest BCUT2D eigenvalue weighted by Crippen LogP contribution is 2.29. The van der Waals surface area contributed by atoms with Crippen molar-refractivity contribution in [1.29, 1.82) is 0 Å². The zero-order chi connectivity index (χ0) is 19.4. The van der Waals surface area contributed by atoms with Gasteiger partial charge in [-0.3, -0.25) is 9.69 Å². The first kappa shape index (κ1) is 19.4. The highest BCUT2D eigenvalue weighted by molar-refractivity contribution is 5.94. The lowest BCUT2D eigenvalue weighted by Gasteiger charge is -2.22. The molecule has 1 aliphatic heterocycles. The van der Waals surface area contributed by atoms with Gasteiger partial charge in [-0.25, -0.2) is 4.39 Å². The molecular formula is C20H20F4N2O. The van der Waals surface area contributed by atoms with Gasteiger partial charge in [-0.15, -0.1) is 0 Å². The quantitative estimate of drug-likeness (QED) is 0.746. The smallest absolute Gasteiger partial charge is 0.337 e. The van der Waals surface area contributed by atoms with E-state index in [-0.39, 0.29) is 5.91 Å². The van der Waals surface area contributed by atoms with Gasteiger partial charge in [0.05, 0.1) is 5.56 Å². The summed E-state index contributed by atoms with van der Waals surface area (Å²) in [6.07, 6.45) is -3.58. The molecule has 0 radical (unpaired) electrons. The first-order valence-corrected chi connectivity index (χ1v) is 8.76. The molecule has 1 fully saturated rings. The van der Waals surface area contributed by atoms with E-state index in [1.165, 1.54) is 30.3 Å². The first-order valence-electron chi connectivity index (χ1n) is 8.76. The Hall–Kier alpha value is -2.41. The predicted molar refractivity (Wildman–Crippen MR) is 93.6 cm³/mol. The van der Waals surface area contributed by atoms with Crippen molar-refractivity contribution in [3.63, 3.8) is 0 Å². The van der Waals surface area contributed by atoms with E-state index in [2.05, 4.69) is 4.90 Å². The van der Waals surface area contributed by atoms with Gasteiger partial charge in [0.1, 0.15) is 5.82 Å². The van der Waals surface area contributed by atoms with Crippen molar-refractivity contribution in [1.82, 2.24) is 9.80 Å². The molecule has 0 aliphatic carbocycles. The van der Waals surface area contributed by atoms with Crippen molar-refractivity contribution in [2.45, 2.75) is 19.1 Å². The van der Waals surface area contributed by atoms with Crippen LogP contribution in [0.4, 0.5) is 17.6 Å². The molecule has 27 heavy (non-hydrogen) atoms. The number of carbonyl (C=O) groups excluding carboxylic acids is 1. The van der Waals surface area contributed by atoms with Crippen LogP contribution in [-0.2, 0) is 12.7 Å². The van der Waals surface area contributed by atoms with Gasteiger partial charge in [0, 0.05) is 38.3 Å². The third-order valence-electron chi connectivity index (χ3n) is 4.63. The minimum atomic E-state index is -4.33. The van der Waals surface area contributed by atoms with Gasteiger partial charge in [0.25, 0.3) is 5.91 Å². The van der Waals surface area contributed by atoms with Crippen LogP contribution in [0, 0.1) is 5.82 Å². The fraction of sp³-hybridized carbons (Fsp3) is 0.350. The Bertz CT molecular complexity index is 789. The molecule has 0 N–H and O–H groups in total. The number of benzene rings is 2. The van der Waals surface area contributed by atoms with Crippen LogP contribution in [0.1, 0.15) is 27.9 Å². The van der Waals surface area contributed by atoms with Gasteiger partial charge in [0.15, 0.2) is 0 Å². The second-order valence-electron chi connectivity index (χ2n) is 6.63. The standard InChI is InChI=1S/C20H20F4N2O/c21-18-4-1-3-16(13-18)19(27)26-10-2-9-25(11-12-26)14-15-5-7-17(8-6-15)20(22,23)24/h1,3-8,13H,2,9-12,14H2. The molecule has 1 amide bonds. The molecule has 7 heteroatoms. The summed E-state index contributed by atoms with van der Waals surface area (Å²) in [4.78, 5) is 16.3. The summed E-state index contributed by atoms with van der Waals surface area (Å²) in [6, 6.07) is 10.8. The van der Waals surface area contributed by atoms with Crippen molar-refractivity contribution in [2.75, 3.05) is 26.2 Å². The van der Waals surface area contributed by atoms with Crippen LogP contribution in [0.2, 0.25) is 0 Å². The molecule has 2 aromatic carbocycles. The molecule has 1 aliphatic rings. The fourth-order valence-electron chi connectivity index (χ4n) is 3.19. The zero-order valence-corrected chi connectivity index (χ0v) is 14.7. The number of hydrogen-bond donors (Lipinski definition) is 0. The lowest BCUT2D eigenvalue weighted by molar-refractivity contribution is -0.137. The summed E-state index contributed by atoms with van der Waals surface area (Å²) in [5.74, 6) is -0.648. The maximum absolute atomic E-state index is 13.3. The van der Waals surface area contributed by atoms with Crippen molar-refractivity contribution >= 4 is 5.91 Å². The largest absolute Gasteiger partial charge is 0.416 e. The van der Waals surface area contributed by atoms with Crippen molar-refractivity contribution in [3.05, 3.63) is 71.0 Å². The molecule has 3 rings (SSSR count). The number of halogens is 4. The highest BCUT2D eigenvalue weighted by Gasteiger charge is 2.30. The normalized spacial score (nSPS) is 16.2. The van der Waals surface area contributed by atoms with Gasteiger partial charge in [-0.05, 0) is 42.3 Å². The minimum absolute atomic E-state index is 0.203. The van der Waals surface area contributed by atoms with Crippen LogP contribution >= 0.6 is 0 Å². The maximum Gasteiger partial charge on any atom is 0.416 e. The summed E-state index contributed by atoms with van der Waals surface area (Å²) < 4.78 is 51.3. The summed E-state index contributed by atoms with van der Waals surface area (Å²) in [5.41, 5.74) is 0.466. The summed E-state index contributed by atoms with van der Waals surface area (Å²) in [6.45, 7) is 2.95. The second kappa shape index (κ2) is 8.08. The number of carbonyl (C=O) groups is 1. The second-order valence-corrected chi connectivity index (χ2v) is 6.63. The highest BCUT2D eigenvalue weighted by atomic mass is 19.4. The Kier molecular flexibility index (Phi) is 5.79. The van der Waals surface area contributed by atoms with E-state index in [0.29, 0.717) is 31.7 Å². The molecule has 1 saturated heterocycles. The lowest BCUT2D eigenvalue weighted by atomic mass is 10.1. The average Bonchev–Trinajstić information content (AvgIpc) is 2.86. The summed E-state index contributed by atoms with van der Waals surface area (Å²) >= 11 is 0. The Morgan fingerprint density at radius 2 is 1.70 bits per heavy atom. The van der Waals surface area contributed by atoms with Crippen LogP contribution in [0.25, 0.3) is 0 Å². The number of nitrogens with zero attached hydrogens (tertiary/aromatic N) is 2. The Morgan fingerprint density at radius 1 is 0.963 bits per heavy atom. The van der Waals surface area contributed by atoms with Crippen molar-refractivity contribution in [2.24, 2.45) is 0 Å². The van der Waals surface area contributed by atoms with Gasteiger partial charge in [0.2, 0.25) is 0 Å². The molecular weight excluding hydrogens is 360 g/mol. The van der Waals surface area contributed by atoms with Crippen LogP contribution in [0.15, 0.2) is 48.5 Å². The third kappa shape index (κ3) is 5.07. The van der Waals surface area contributed by atoms with Crippen LogP contribution in [0.5, 0.6) is 0 Å². The monoisotopic (exact) mass is 380 g/mol. The SMILES string of the molecule is O=C(c1cccc(F)c1)N1CCCN(Cc2ccc(C(F)(F)F)cc2)CC1. The van der Waals surface area contributed by atoms with E-state index >= 15 is 0 Å². The van der Waals surface area contributed by atoms with E-state index in [9.17, 15) is 22.4 Å². The average molecular weight is 380 g/mol. The van der Waals surface area contributed by atoms with E-state index in [1.807, 2.05) is 0 Å². The summed E-state index contributed by atoms with van der Waals surface area (Å²) in [5, 5.41) is 0. The first-order chi connectivity index (χ1) is 12.8. The predicted octanol–water partition coefficient (Wildman–Crippen LogP) is 4.19. The molecule has 3 nitrogen and oxygen atoms in total. The maximum atomic E-state index is 13.3. The summed E-state index contributed by atoms with van der Waals surface area (Å²) in [7, 11) is 0. The lowest BCUT2D eigenvalue weighted by Crippen LogP contribution is -2.35.